The van der Waals surface area contributed by atoms with E-state index in [4.69, 9.17) is 5.02 Å². The fourth-order valence-corrected chi connectivity index (χ4v) is 0.548. The highest BCUT2D eigenvalue weighted by Gasteiger charge is 1.97. The first kappa shape index (κ1) is 5.38. The highest BCUT2D eigenvalue weighted by molar-refractivity contribution is 6.61. The van der Waals surface area contributed by atoms with Crippen LogP contribution in [0.25, 0.3) is 0 Å². The van der Waals surface area contributed by atoms with Gasteiger partial charge in [-0.1, -0.05) is 36.3 Å². The van der Waals surface area contributed by atoms with Crippen molar-refractivity contribution < 1.29 is 5.02 Å². The minimum atomic E-state index is -0.398. The molecule has 0 aromatic carbocycles. The van der Waals surface area contributed by atoms with E-state index in [1.54, 1.807) is 12.0 Å². The van der Waals surface area contributed by atoms with Crippen molar-refractivity contribution in [2.45, 2.75) is 0 Å². The van der Waals surface area contributed by atoms with E-state index in [1.165, 1.54) is 0 Å². The molecule has 0 aliphatic carbocycles. The number of hydrogen-bond acceptors (Lipinski definition) is 1. The minimum absolute atomic E-state index is 0.398. The summed E-state index contributed by atoms with van der Waals surface area (Å²) in [6.07, 6.45) is 7.41. The summed E-state index contributed by atoms with van der Waals surface area (Å²) in [5, 5.41) is 8.88. The molecule has 1 aliphatic heterocycles. The van der Waals surface area contributed by atoms with Gasteiger partial charge in [0.05, 0.1) is 0 Å². The van der Waals surface area contributed by atoms with Gasteiger partial charge in [0.25, 0.3) is 0 Å². The first-order chi connectivity index (χ1) is 3.89. The van der Waals surface area contributed by atoms with Crippen LogP contribution in [-0.2, 0) is 0 Å². The first-order valence-corrected chi connectivity index (χ1v) is 2.59. The Bertz CT molecular complexity index is 131. The van der Waals surface area contributed by atoms with Crippen LogP contribution in [0.15, 0.2) is 36.3 Å². The monoisotopic (exact) mass is 106 g/mol. The van der Waals surface area contributed by atoms with E-state index in [9.17, 15) is 0 Å². The van der Waals surface area contributed by atoms with Crippen LogP contribution in [0, 0.1) is 0 Å². The van der Waals surface area contributed by atoms with Crippen LogP contribution in [-0.4, -0.2) is 11.9 Å². The zero-order valence-electron chi connectivity index (χ0n) is 4.49. The highest BCUT2D eigenvalue weighted by atomic mass is 16.2. The largest absolute Gasteiger partial charge is 0.443 e. The molecular weight excluding hydrogens is 98.9 g/mol. The lowest BCUT2D eigenvalue weighted by molar-refractivity contribution is 0.598. The van der Waals surface area contributed by atoms with Gasteiger partial charge in [0.2, 0.25) is 0 Å². The van der Waals surface area contributed by atoms with E-state index in [2.05, 4.69) is 0 Å². The fourth-order valence-electron chi connectivity index (χ4n) is 0.548. The molecule has 2 heteroatoms. The molecule has 0 fully saturated rings. The molecule has 0 bridgehead atoms. The summed E-state index contributed by atoms with van der Waals surface area (Å²) in [5.74, 6) is 3.44. The Morgan fingerprint density at radius 1 is 0.875 bits per heavy atom. The van der Waals surface area contributed by atoms with Crippen molar-refractivity contribution in [1.29, 1.82) is 0 Å². The molecule has 0 saturated carbocycles. The second kappa shape index (κ2) is 2.53. The Morgan fingerprint density at radius 3 is 1.88 bits per heavy atom. The average Bonchev–Trinajstić information content (AvgIpc) is 1.94. The number of allylic oxidation sites excluding steroid dienone is 4. The maximum atomic E-state index is 8.88. The first-order valence-electron chi connectivity index (χ1n) is 2.59. The van der Waals surface area contributed by atoms with Gasteiger partial charge >= 0.3 is 6.92 Å². The topological polar surface area (TPSA) is 20.2 Å². The Hall–Kier alpha value is -0.755. The van der Waals surface area contributed by atoms with Crippen molar-refractivity contribution >= 4 is 6.92 Å². The molecule has 0 spiro atoms. The molecule has 0 aromatic rings. The van der Waals surface area contributed by atoms with Gasteiger partial charge in [-0.2, -0.15) is 0 Å². The van der Waals surface area contributed by atoms with Gasteiger partial charge < -0.3 is 5.02 Å². The Morgan fingerprint density at radius 2 is 1.38 bits per heavy atom. The molecule has 1 aliphatic rings. The summed E-state index contributed by atoms with van der Waals surface area (Å²) >= 11 is 0. The molecule has 40 valence electrons. The van der Waals surface area contributed by atoms with Crippen LogP contribution < -0.4 is 0 Å². The molecule has 1 N–H and O–H groups in total. The molecular formula is C6H7BO. The maximum Gasteiger partial charge on any atom is 0.343 e. The van der Waals surface area contributed by atoms with E-state index in [0.717, 1.165) is 0 Å². The normalized spacial score (nSPS) is 16.9. The van der Waals surface area contributed by atoms with Crippen molar-refractivity contribution in [2.75, 3.05) is 0 Å². The smallest absolute Gasteiger partial charge is 0.343 e. The van der Waals surface area contributed by atoms with Gasteiger partial charge in [-0.3, -0.25) is 0 Å². The zero-order valence-corrected chi connectivity index (χ0v) is 4.49. The van der Waals surface area contributed by atoms with Gasteiger partial charge in [0, 0.05) is 0 Å². The summed E-state index contributed by atoms with van der Waals surface area (Å²) in [6.45, 7) is -0.398. The van der Waals surface area contributed by atoms with E-state index >= 15 is 0 Å². The molecule has 1 rings (SSSR count). The minimum Gasteiger partial charge on any atom is -0.443 e. The van der Waals surface area contributed by atoms with E-state index in [1.807, 2.05) is 24.3 Å². The summed E-state index contributed by atoms with van der Waals surface area (Å²) in [7, 11) is 0. The average molecular weight is 106 g/mol. The predicted molar refractivity (Wildman–Crippen MR) is 35.4 cm³/mol. The van der Waals surface area contributed by atoms with Crippen LogP contribution in [0.1, 0.15) is 0 Å². The molecule has 0 atom stereocenters. The third kappa shape index (κ3) is 1.39. The fraction of sp³-hybridized carbons (Fsp3) is 0. The maximum absolute atomic E-state index is 8.88. The summed E-state index contributed by atoms with van der Waals surface area (Å²) in [5.41, 5.74) is 0. The second-order valence-corrected chi connectivity index (χ2v) is 1.65. The molecule has 0 saturated heterocycles. The molecule has 1 nitrogen and oxygen atoms in total. The molecule has 1 heterocycles. The Balaban J connectivity index is 2.66. The lowest BCUT2D eigenvalue weighted by Gasteiger charge is -1.83. The zero-order chi connectivity index (χ0) is 5.82. The Labute approximate surface area is 49.1 Å². The molecule has 0 amide bonds. The molecule has 0 radical (unpaired) electrons. The molecule has 0 unspecified atom stereocenters. The lowest BCUT2D eigenvalue weighted by Crippen LogP contribution is -2.01. The Kier molecular flexibility index (Phi) is 1.70. The van der Waals surface area contributed by atoms with Crippen molar-refractivity contribution in [1.82, 2.24) is 0 Å². The van der Waals surface area contributed by atoms with Crippen LogP contribution in [0.4, 0.5) is 0 Å². The van der Waals surface area contributed by atoms with Crippen molar-refractivity contribution in [2.24, 2.45) is 0 Å². The van der Waals surface area contributed by atoms with Crippen LogP contribution in [0.3, 0.4) is 0 Å². The number of rotatable bonds is 0. The highest BCUT2D eigenvalue weighted by Crippen LogP contribution is 1.90. The van der Waals surface area contributed by atoms with E-state index in [0.29, 0.717) is 0 Å². The van der Waals surface area contributed by atoms with Gasteiger partial charge in [-0.15, -0.1) is 0 Å². The second-order valence-electron chi connectivity index (χ2n) is 1.65. The lowest BCUT2D eigenvalue weighted by atomic mass is 9.69. The number of hydrogen-bond donors (Lipinski definition) is 1. The van der Waals surface area contributed by atoms with Gasteiger partial charge in [-0.05, 0) is 0 Å². The molecule has 0 aromatic heterocycles. The van der Waals surface area contributed by atoms with E-state index < -0.39 is 6.92 Å². The molecule has 8 heavy (non-hydrogen) atoms. The summed E-state index contributed by atoms with van der Waals surface area (Å²) < 4.78 is 0. The van der Waals surface area contributed by atoms with Crippen molar-refractivity contribution in [3.05, 3.63) is 36.3 Å². The SMILES string of the molecule is OB1C=CC=CC=C1. The van der Waals surface area contributed by atoms with Crippen LogP contribution in [0.5, 0.6) is 0 Å². The third-order valence-corrected chi connectivity index (χ3v) is 0.950. The summed E-state index contributed by atoms with van der Waals surface area (Å²) in [6, 6.07) is 0. The van der Waals surface area contributed by atoms with Crippen LogP contribution >= 0.6 is 0 Å². The standard InChI is InChI=1S/C6H7BO/c8-7-5-3-1-2-4-6-7/h1-6,8H. The van der Waals surface area contributed by atoms with Crippen molar-refractivity contribution in [3.8, 4) is 0 Å². The third-order valence-electron chi connectivity index (χ3n) is 0.950. The van der Waals surface area contributed by atoms with Crippen molar-refractivity contribution in [3.63, 3.8) is 0 Å². The van der Waals surface area contributed by atoms with Gasteiger partial charge in [0.15, 0.2) is 0 Å². The van der Waals surface area contributed by atoms with E-state index in [-0.39, 0.29) is 0 Å². The van der Waals surface area contributed by atoms with Crippen LogP contribution in [0.2, 0.25) is 0 Å². The van der Waals surface area contributed by atoms with Gasteiger partial charge in [-0.25, -0.2) is 0 Å². The quantitative estimate of drug-likeness (QED) is 0.451. The predicted octanol–water partition coefficient (Wildman–Crippen LogP) is 0.731. The summed E-state index contributed by atoms with van der Waals surface area (Å²) in [4.78, 5) is 0. The van der Waals surface area contributed by atoms with Gasteiger partial charge in [0.1, 0.15) is 0 Å².